The molecule has 0 spiro atoms. The Bertz CT molecular complexity index is 543. The van der Waals surface area contributed by atoms with E-state index in [9.17, 15) is 0 Å². The number of hydrogen-bond acceptors (Lipinski definition) is 4. The minimum Gasteiger partial charge on any atom is -0.496 e. The van der Waals surface area contributed by atoms with Gasteiger partial charge in [0.1, 0.15) is 5.75 Å². The molecule has 0 aliphatic rings. The van der Waals surface area contributed by atoms with Gasteiger partial charge in [0.2, 0.25) is 0 Å². The Balaban J connectivity index is 0.00000529. The molecule has 0 saturated heterocycles. The summed E-state index contributed by atoms with van der Waals surface area (Å²) in [5.74, 6) is 2.78. The minimum absolute atomic E-state index is 0. The highest BCUT2D eigenvalue weighted by molar-refractivity contribution is 14.0. The Hall–Kier alpha value is -1.38. The van der Waals surface area contributed by atoms with Crippen LogP contribution in [0.2, 0.25) is 0 Å². The molecule has 0 fully saturated rings. The molecule has 2 N–H and O–H groups in total. The third-order valence-corrected chi connectivity index (χ3v) is 3.03. The maximum atomic E-state index is 5.43. The Morgan fingerprint density at radius 3 is 2.00 bits per heavy atom. The summed E-state index contributed by atoms with van der Waals surface area (Å²) in [6.07, 6.45) is 0. The normalized spacial score (nSPS) is 11.4. The number of hydrogen-bond donors (Lipinski definition) is 2. The van der Waals surface area contributed by atoms with Crippen molar-refractivity contribution in [1.29, 1.82) is 0 Å². The van der Waals surface area contributed by atoms with Gasteiger partial charge in [-0.2, -0.15) is 0 Å². The van der Waals surface area contributed by atoms with Crippen molar-refractivity contribution in [3.8, 4) is 17.2 Å². The van der Waals surface area contributed by atoms with E-state index in [-0.39, 0.29) is 29.5 Å². The van der Waals surface area contributed by atoms with E-state index < -0.39 is 0 Å². The maximum Gasteiger partial charge on any atom is 0.191 e. The molecule has 0 atom stereocenters. The summed E-state index contributed by atoms with van der Waals surface area (Å²) < 4.78 is 16.1. The second-order valence-corrected chi connectivity index (χ2v) is 6.09. The van der Waals surface area contributed by atoms with Gasteiger partial charge < -0.3 is 24.8 Å². The predicted molar refractivity (Wildman–Crippen MR) is 109 cm³/mol. The van der Waals surface area contributed by atoms with Crippen molar-refractivity contribution in [1.82, 2.24) is 10.6 Å². The molecule has 0 radical (unpaired) electrons. The summed E-state index contributed by atoms with van der Waals surface area (Å²) in [5.41, 5.74) is 0.860. The summed E-state index contributed by atoms with van der Waals surface area (Å²) >= 11 is 0. The molecule has 1 aromatic carbocycles. The Morgan fingerprint density at radius 2 is 1.54 bits per heavy atom. The van der Waals surface area contributed by atoms with Gasteiger partial charge >= 0.3 is 0 Å². The molecule has 0 aliphatic carbocycles. The number of nitrogens with zero attached hydrogens (tertiary/aromatic N) is 1. The fourth-order valence-electron chi connectivity index (χ4n) is 2.04. The minimum atomic E-state index is -0.0668. The van der Waals surface area contributed by atoms with Gasteiger partial charge in [0.25, 0.3) is 0 Å². The zero-order valence-corrected chi connectivity index (χ0v) is 18.0. The van der Waals surface area contributed by atoms with Crippen LogP contribution in [0, 0.1) is 0 Å². The van der Waals surface area contributed by atoms with E-state index in [0.717, 1.165) is 23.8 Å². The topological polar surface area (TPSA) is 64.1 Å². The van der Waals surface area contributed by atoms with Crippen molar-refractivity contribution in [2.24, 2.45) is 4.99 Å². The van der Waals surface area contributed by atoms with E-state index in [4.69, 9.17) is 14.2 Å². The van der Waals surface area contributed by atoms with Crippen LogP contribution in [0.5, 0.6) is 17.2 Å². The molecule has 0 heterocycles. The highest BCUT2D eigenvalue weighted by Gasteiger charge is 2.14. The van der Waals surface area contributed by atoms with E-state index in [1.54, 1.807) is 21.3 Å². The van der Waals surface area contributed by atoms with E-state index in [1.807, 2.05) is 19.1 Å². The zero-order chi connectivity index (χ0) is 17.5. The van der Waals surface area contributed by atoms with Gasteiger partial charge in [-0.1, -0.05) is 0 Å². The lowest BCUT2D eigenvalue weighted by atomic mass is 10.1. The van der Waals surface area contributed by atoms with Crippen LogP contribution in [-0.4, -0.2) is 39.4 Å². The summed E-state index contributed by atoms with van der Waals surface area (Å²) in [6.45, 7) is 9.58. The van der Waals surface area contributed by atoms with Gasteiger partial charge in [0.05, 0.1) is 27.9 Å². The number of aliphatic imine (C=N–C) groups is 1. The third kappa shape index (κ3) is 7.02. The fourth-order valence-corrected chi connectivity index (χ4v) is 2.04. The van der Waals surface area contributed by atoms with Crippen LogP contribution in [0.3, 0.4) is 0 Å². The summed E-state index contributed by atoms with van der Waals surface area (Å²) in [6, 6.07) is 3.70. The Kier molecular flexibility index (Phi) is 9.88. The first kappa shape index (κ1) is 22.6. The predicted octanol–water partition coefficient (Wildman–Crippen LogP) is 3.18. The molecule has 0 aromatic heterocycles. The highest BCUT2D eigenvalue weighted by Crippen LogP contribution is 2.34. The number of halogens is 1. The second-order valence-electron chi connectivity index (χ2n) is 6.09. The Labute approximate surface area is 162 Å². The van der Waals surface area contributed by atoms with Crippen molar-refractivity contribution in [3.05, 3.63) is 17.7 Å². The SMILES string of the molecule is CCNC(=NCc1cc(OC)c(OC)cc1OC)NC(C)(C)C.I. The second kappa shape index (κ2) is 10.5. The molecule has 0 unspecified atom stereocenters. The highest BCUT2D eigenvalue weighted by atomic mass is 127. The number of guanidine groups is 1. The molecule has 0 aliphatic heterocycles. The average molecular weight is 451 g/mol. The molecular formula is C17H30IN3O3. The van der Waals surface area contributed by atoms with Gasteiger partial charge in [0.15, 0.2) is 17.5 Å². The van der Waals surface area contributed by atoms with Crippen LogP contribution < -0.4 is 24.8 Å². The first-order valence-corrected chi connectivity index (χ1v) is 7.70. The maximum absolute atomic E-state index is 5.43. The van der Waals surface area contributed by atoms with Crippen molar-refractivity contribution in [2.45, 2.75) is 39.8 Å². The molecule has 0 bridgehead atoms. The van der Waals surface area contributed by atoms with E-state index >= 15 is 0 Å². The zero-order valence-electron chi connectivity index (χ0n) is 15.6. The smallest absolute Gasteiger partial charge is 0.191 e. The average Bonchev–Trinajstić information content (AvgIpc) is 2.50. The summed E-state index contributed by atoms with van der Waals surface area (Å²) in [7, 11) is 4.85. The van der Waals surface area contributed by atoms with Crippen molar-refractivity contribution in [3.63, 3.8) is 0 Å². The number of rotatable bonds is 6. The Morgan fingerprint density at radius 1 is 1.00 bits per heavy atom. The van der Waals surface area contributed by atoms with Crippen molar-refractivity contribution >= 4 is 29.9 Å². The van der Waals surface area contributed by atoms with Gasteiger partial charge in [-0.15, -0.1) is 24.0 Å². The number of methoxy groups -OCH3 is 3. The van der Waals surface area contributed by atoms with Crippen molar-refractivity contribution < 1.29 is 14.2 Å². The molecule has 24 heavy (non-hydrogen) atoms. The lowest BCUT2D eigenvalue weighted by Crippen LogP contribution is -2.47. The standard InChI is InChI=1S/C17H29N3O3.HI/c1-8-18-16(20-17(2,3)4)19-11-12-9-14(22-6)15(23-7)10-13(12)21-5;/h9-10H,8,11H2,1-7H3,(H2,18,19,20);1H. The first-order chi connectivity index (χ1) is 10.8. The fraction of sp³-hybridized carbons (Fsp3) is 0.588. The van der Waals surface area contributed by atoms with Gasteiger partial charge in [-0.25, -0.2) is 4.99 Å². The van der Waals surface area contributed by atoms with Gasteiger partial charge in [0, 0.05) is 23.7 Å². The molecule has 6 nitrogen and oxygen atoms in total. The third-order valence-electron chi connectivity index (χ3n) is 3.03. The molecule has 0 saturated carbocycles. The molecule has 1 aromatic rings. The van der Waals surface area contributed by atoms with Crippen LogP contribution in [-0.2, 0) is 6.54 Å². The number of nitrogens with one attached hydrogen (secondary N) is 2. The summed E-state index contributed by atoms with van der Waals surface area (Å²) in [5, 5.41) is 6.60. The lowest BCUT2D eigenvalue weighted by molar-refractivity contribution is 0.347. The van der Waals surface area contributed by atoms with E-state index in [1.165, 1.54) is 0 Å². The van der Waals surface area contributed by atoms with E-state index in [2.05, 4.69) is 36.4 Å². The largest absolute Gasteiger partial charge is 0.496 e. The monoisotopic (exact) mass is 451 g/mol. The van der Waals surface area contributed by atoms with Crippen LogP contribution in [0.15, 0.2) is 17.1 Å². The van der Waals surface area contributed by atoms with E-state index in [0.29, 0.717) is 18.0 Å². The lowest BCUT2D eigenvalue weighted by Gasteiger charge is -2.23. The van der Waals surface area contributed by atoms with Crippen LogP contribution in [0.25, 0.3) is 0 Å². The first-order valence-electron chi connectivity index (χ1n) is 7.70. The molecular weight excluding hydrogens is 421 g/mol. The van der Waals surface area contributed by atoms with Crippen LogP contribution in [0.4, 0.5) is 0 Å². The molecule has 7 heteroatoms. The van der Waals surface area contributed by atoms with Crippen LogP contribution >= 0.6 is 24.0 Å². The summed E-state index contributed by atoms with van der Waals surface area (Å²) in [4.78, 5) is 4.63. The van der Waals surface area contributed by atoms with Gasteiger partial charge in [-0.05, 0) is 33.8 Å². The number of ether oxygens (including phenoxy) is 3. The quantitative estimate of drug-likeness (QED) is 0.395. The molecule has 1 rings (SSSR count). The van der Waals surface area contributed by atoms with Crippen LogP contribution in [0.1, 0.15) is 33.3 Å². The van der Waals surface area contributed by atoms with Crippen molar-refractivity contribution in [2.75, 3.05) is 27.9 Å². The van der Waals surface area contributed by atoms with Gasteiger partial charge in [-0.3, -0.25) is 0 Å². The molecule has 0 amide bonds. The number of benzene rings is 1. The molecule has 138 valence electrons.